The van der Waals surface area contributed by atoms with E-state index in [9.17, 15) is 9.59 Å². The van der Waals surface area contributed by atoms with E-state index in [1.54, 1.807) is 23.9 Å². The fraction of sp³-hybridized carbons (Fsp3) is 0.143. The van der Waals surface area contributed by atoms with Gasteiger partial charge >= 0.3 is 0 Å². The summed E-state index contributed by atoms with van der Waals surface area (Å²) in [6.07, 6.45) is 0. The Labute approximate surface area is 161 Å². The Morgan fingerprint density at radius 2 is 1.62 bits per heavy atom. The Kier molecular flexibility index (Phi) is 5.91. The number of anilines is 1. The van der Waals surface area contributed by atoms with E-state index in [4.69, 9.17) is 0 Å². The van der Waals surface area contributed by atoms with Crippen molar-refractivity contribution in [2.24, 2.45) is 0 Å². The summed E-state index contributed by atoms with van der Waals surface area (Å²) in [5.74, 6) is 0.627. The topological polar surface area (TPSA) is 46.2 Å². The molecule has 0 fully saturated rings. The van der Waals surface area contributed by atoms with Gasteiger partial charge in [0.15, 0.2) is 0 Å². The number of ketones is 1. The molecule has 2 aromatic carbocycles. The van der Waals surface area contributed by atoms with Crippen LogP contribution in [0.1, 0.15) is 38.1 Å². The van der Waals surface area contributed by atoms with Crippen LogP contribution >= 0.6 is 23.1 Å². The Balaban J connectivity index is 1.98. The molecule has 1 N–H and O–H groups in total. The van der Waals surface area contributed by atoms with Crippen LogP contribution in [0.3, 0.4) is 0 Å². The van der Waals surface area contributed by atoms with E-state index in [0.717, 1.165) is 21.2 Å². The van der Waals surface area contributed by atoms with Gasteiger partial charge in [0.05, 0.1) is 14.6 Å². The van der Waals surface area contributed by atoms with Crippen LogP contribution in [0.25, 0.3) is 0 Å². The van der Waals surface area contributed by atoms with Gasteiger partial charge in [-0.2, -0.15) is 0 Å². The summed E-state index contributed by atoms with van der Waals surface area (Å²) in [7, 11) is 0. The Morgan fingerprint density at radius 1 is 1.00 bits per heavy atom. The first-order valence-electron chi connectivity index (χ1n) is 8.34. The molecule has 1 amide bonds. The molecule has 5 heteroatoms. The number of amides is 1. The van der Waals surface area contributed by atoms with Crippen LogP contribution in [0.4, 0.5) is 5.69 Å². The molecule has 0 bridgehead atoms. The zero-order chi connectivity index (χ0) is 18.5. The third kappa shape index (κ3) is 3.89. The molecular weight excluding hydrogens is 362 g/mol. The molecule has 26 heavy (non-hydrogen) atoms. The summed E-state index contributed by atoms with van der Waals surface area (Å²) in [6, 6.07) is 18.5. The number of hydrogen-bond acceptors (Lipinski definition) is 4. The highest BCUT2D eigenvalue weighted by atomic mass is 32.2. The third-order valence-electron chi connectivity index (χ3n) is 3.89. The van der Waals surface area contributed by atoms with Gasteiger partial charge in [0.2, 0.25) is 5.78 Å². The monoisotopic (exact) mass is 381 g/mol. The van der Waals surface area contributed by atoms with Gasteiger partial charge < -0.3 is 5.32 Å². The summed E-state index contributed by atoms with van der Waals surface area (Å²) in [5, 5.41) is 2.93. The maximum Gasteiger partial charge on any atom is 0.257 e. The summed E-state index contributed by atoms with van der Waals surface area (Å²) in [5.41, 5.74) is 2.73. The lowest BCUT2D eigenvalue weighted by molar-refractivity contribution is 0.102. The second-order valence-corrected chi connectivity index (χ2v) is 8.22. The molecule has 0 radical (unpaired) electrons. The molecule has 3 nitrogen and oxygen atoms in total. The molecule has 1 heterocycles. The van der Waals surface area contributed by atoms with E-state index < -0.39 is 0 Å². The lowest BCUT2D eigenvalue weighted by Gasteiger charge is -2.07. The first-order valence-corrected chi connectivity index (χ1v) is 10.1. The van der Waals surface area contributed by atoms with Crippen molar-refractivity contribution in [1.82, 2.24) is 0 Å². The lowest BCUT2D eigenvalue weighted by Crippen LogP contribution is -2.13. The highest BCUT2D eigenvalue weighted by Gasteiger charge is 2.25. The average Bonchev–Trinajstić information content (AvgIpc) is 2.99. The first kappa shape index (κ1) is 18.4. The summed E-state index contributed by atoms with van der Waals surface area (Å²) in [4.78, 5) is 26.4. The van der Waals surface area contributed by atoms with Gasteiger partial charge in [-0.3, -0.25) is 9.59 Å². The van der Waals surface area contributed by atoms with Crippen LogP contribution in [-0.2, 0) is 0 Å². The minimum Gasteiger partial charge on any atom is -0.322 e. The highest BCUT2D eigenvalue weighted by molar-refractivity contribution is 8.01. The molecule has 0 aliphatic carbocycles. The third-order valence-corrected chi connectivity index (χ3v) is 6.33. The maximum atomic E-state index is 12.9. The number of nitrogens with one attached hydrogen (secondary N) is 1. The molecule has 3 rings (SSSR count). The lowest BCUT2D eigenvalue weighted by atomic mass is 10.0. The molecule has 3 aromatic rings. The van der Waals surface area contributed by atoms with Crippen LogP contribution < -0.4 is 5.32 Å². The number of para-hydroxylation sites is 1. The number of carbonyl (C=O) groups is 2. The summed E-state index contributed by atoms with van der Waals surface area (Å²) in [6.45, 7) is 3.89. The van der Waals surface area contributed by atoms with Crippen LogP contribution in [0, 0.1) is 6.92 Å². The van der Waals surface area contributed by atoms with Crippen molar-refractivity contribution in [2.45, 2.75) is 18.1 Å². The van der Waals surface area contributed by atoms with Crippen molar-refractivity contribution in [3.8, 4) is 0 Å². The van der Waals surface area contributed by atoms with Crippen molar-refractivity contribution in [2.75, 3.05) is 11.1 Å². The molecule has 1 aromatic heterocycles. The van der Waals surface area contributed by atoms with Gasteiger partial charge in [-0.1, -0.05) is 55.5 Å². The van der Waals surface area contributed by atoms with Gasteiger partial charge in [-0.05, 0) is 30.4 Å². The Hall–Kier alpha value is -2.37. The zero-order valence-corrected chi connectivity index (χ0v) is 16.2. The number of thiophene rings is 1. The molecule has 0 aliphatic heterocycles. The van der Waals surface area contributed by atoms with Gasteiger partial charge in [-0.25, -0.2) is 0 Å². The zero-order valence-electron chi connectivity index (χ0n) is 14.6. The van der Waals surface area contributed by atoms with Gasteiger partial charge in [0, 0.05) is 11.3 Å². The van der Waals surface area contributed by atoms with Crippen LogP contribution in [0.2, 0.25) is 0 Å². The summed E-state index contributed by atoms with van der Waals surface area (Å²) >= 11 is 3.00. The number of thioether (sulfide) groups is 1. The smallest absolute Gasteiger partial charge is 0.257 e. The molecule has 0 saturated heterocycles. The number of hydrogen-bond donors (Lipinski definition) is 1. The summed E-state index contributed by atoms with van der Waals surface area (Å²) < 4.78 is 0.887. The van der Waals surface area contributed by atoms with Gasteiger partial charge in [0.25, 0.3) is 5.91 Å². The van der Waals surface area contributed by atoms with E-state index >= 15 is 0 Å². The highest BCUT2D eigenvalue weighted by Crippen LogP contribution is 2.37. The van der Waals surface area contributed by atoms with E-state index in [-0.39, 0.29) is 11.7 Å². The SMILES string of the molecule is CCSc1sc(C(=O)c2ccccc2)c(C)c1C(=O)Nc1ccccc1. The second-order valence-electron chi connectivity index (χ2n) is 5.67. The average molecular weight is 382 g/mol. The maximum absolute atomic E-state index is 12.9. The Morgan fingerprint density at radius 3 is 2.23 bits per heavy atom. The minimum absolute atomic E-state index is 0.0372. The number of carbonyl (C=O) groups excluding carboxylic acids is 2. The molecule has 132 valence electrons. The molecule has 0 atom stereocenters. The largest absolute Gasteiger partial charge is 0.322 e. The normalized spacial score (nSPS) is 10.5. The van der Waals surface area contributed by atoms with E-state index in [2.05, 4.69) is 5.32 Å². The fourth-order valence-corrected chi connectivity index (χ4v) is 5.13. The predicted octanol–water partition coefficient (Wildman–Crippen LogP) is 5.65. The Bertz CT molecular complexity index is 918. The number of rotatable bonds is 6. The molecule has 0 unspecified atom stereocenters. The van der Waals surface area contributed by atoms with E-state index in [1.807, 2.05) is 62.4 Å². The van der Waals surface area contributed by atoms with Gasteiger partial charge in [-0.15, -0.1) is 23.1 Å². The van der Waals surface area contributed by atoms with Crippen LogP contribution in [-0.4, -0.2) is 17.4 Å². The van der Waals surface area contributed by atoms with Crippen molar-refractivity contribution < 1.29 is 9.59 Å². The molecule has 0 saturated carbocycles. The van der Waals surface area contributed by atoms with Gasteiger partial charge in [0.1, 0.15) is 0 Å². The molecule has 0 aliphatic rings. The second kappa shape index (κ2) is 8.34. The number of benzene rings is 2. The van der Waals surface area contributed by atoms with Crippen molar-refractivity contribution >= 4 is 40.5 Å². The fourth-order valence-electron chi connectivity index (χ4n) is 2.63. The molecule has 0 spiro atoms. The van der Waals surface area contributed by atoms with Crippen molar-refractivity contribution in [3.63, 3.8) is 0 Å². The van der Waals surface area contributed by atoms with Crippen LogP contribution in [0.15, 0.2) is 64.9 Å². The molecular formula is C21H19NO2S2. The predicted molar refractivity (Wildman–Crippen MR) is 110 cm³/mol. The van der Waals surface area contributed by atoms with Crippen LogP contribution in [0.5, 0.6) is 0 Å². The van der Waals surface area contributed by atoms with E-state index in [1.165, 1.54) is 11.3 Å². The first-order chi connectivity index (χ1) is 12.6. The minimum atomic E-state index is -0.173. The van der Waals surface area contributed by atoms with Crippen molar-refractivity contribution in [3.05, 3.63) is 82.2 Å². The standard InChI is InChI=1S/C21H19NO2S2/c1-3-25-21-17(20(24)22-16-12-8-5-9-13-16)14(2)19(26-21)18(23)15-10-6-4-7-11-15/h4-13H,3H2,1-2H3,(H,22,24). The van der Waals surface area contributed by atoms with E-state index in [0.29, 0.717) is 16.0 Å². The van der Waals surface area contributed by atoms with Crippen molar-refractivity contribution in [1.29, 1.82) is 0 Å². The quantitative estimate of drug-likeness (QED) is 0.443.